The molecule has 3 nitrogen and oxygen atoms in total. The highest BCUT2D eigenvalue weighted by molar-refractivity contribution is 5.82. The lowest BCUT2D eigenvalue weighted by Gasteiger charge is -2.07. The first-order valence-electron chi connectivity index (χ1n) is 5.86. The van der Waals surface area contributed by atoms with Crippen LogP contribution in [0.4, 0.5) is 0 Å². The Kier molecular flexibility index (Phi) is 3.18. The van der Waals surface area contributed by atoms with E-state index in [9.17, 15) is 4.79 Å². The molecule has 1 N–H and O–H groups in total. The maximum absolute atomic E-state index is 10.5. The summed E-state index contributed by atoms with van der Waals surface area (Å²) in [6.45, 7) is 4.91. The first-order valence-corrected chi connectivity index (χ1v) is 5.86. The second-order valence-corrected chi connectivity index (χ2v) is 4.50. The van der Waals surface area contributed by atoms with Gasteiger partial charge in [-0.15, -0.1) is 0 Å². The normalized spacial score (nSPS) is 10.9. The van der Waals surface area contributed by atoms with E-state index in [-0.39, 0.29) is 6.42 Å². The van der Waals surface area contributed by atoms with Crippen molar-refractivity contribution in [2.24, 2.45) is 0 Å². The fourth-order valence-electron chi connectivity index (χ4n) is 2.19. The van der Waals surface area contributed by atoms with Gasteiger partial charge in [0.05, 0.1) is 0 Å². The average molecular weight is 231 g/mol. The molecule has 0 radical (unpaired) electrons. The molecule has 90 valence electrons. The Labute approximate surface area is 101 Å². The average Bonchev–Trinajstić information content (AvgIpc) is 2.55. The van der Waals surface area contributed by atoms with E-state index in [1.54, 1.807) is 0 Å². The number of aromatic nitrogens is 1. The van der Waals surface area contributed by atoms with E-state index in [1.165, 1.54) is 22.2 Å². The van der Waals surface area contributed by atoms with Crippen molar-refractivity contribution in [1.29, 1.82) is 0 Å². The molecule has 0 spiro atoms. The number of aliphatic carboxylic acids is 1. The van der Waals surface area contributed by atoms with Gasteiger partial charge >= 0.3 is 5.97 Å². The third-order valence-corrected chi connectivity index (χ3v) is 3.04. The van der Waals surface area contributed by atoms with Crippen LogP contribution in [0.1, 0.15) is 24.1 Å². The van der Waals surface area contributed by atoms with E-state index in [0.29, 0.717) is 6.42 Å². The van der Waals surface area contributed by atoms with Gasteiger partial charge in [-0.25, -0.2) is 0 Å². The lowest BCUT2D eigenvalue weighted by molar-refractivity contribution is -0.137. The number of carboxylic acids is 1. The molecule has 2 aromatic rings. The van der Waals surface area contributed by atoms with Crippen LogP contribution >= 0.6 is 0 Å². The summed E-state index contributed by atoms with van der Waals surface area (Å²) in [7, 11) is 0. The van der Waals surface area contributed by atoms with Crippen LogP contribution in [0.3, 0.4) is 0 Å². The van der Waals surface area contributed by atoms with Crippen molar-refractivity contribution in [2.75, 3.05) is 0 Å². The minimum absolute atomic E-state index is 0.227. The van der Waals surface area contributed by atoms with Gasteiger partial charge < -0.3 is 9.67 Å². The van der Waals surface area contributed by atoms with Crippen LogP contribution in [0.25, 0.3) is 10.9 Å². The fraction of sp³-hybridized carbons (Fsp3) is 0.357. The van der Waals surface area contributed by atoms with E-state index in [4.69, 9.17) is 5.11 Å². The summed E-state index contributed by atoms with van der Waals surface area (Å²) in [5.41, 5.74) is 3.62. The van der Waals surface area contributed by atoms with E-state index in [0.717, 1.165) is 6.54 Å². The summed E-state index contributed by atoms with van der Waals surface area (Å²) in [6, 6.07) is 8.52. The summed E-state index contributed by atoms with van der Waals surface area (Å²) < 4.78 is 2.20. The van der Waals surface area contributed by atoms with Crippen LogP contribution in [-0.4, -0.2) is 15.6 Å². The Balaban J connectivity index is 2.28. The van der Waals surface area contributed by atoms with Gasteiger partial charge in [0.15, 0.2) is 0 Å². The van der Waals surface area contributed by atoms with Gasteiger partial charge in [0.2, 0.25) is 0 Å². The molecule has 0 atom stereocenters. The minimum Gasteiger partial charge on any atom is -0.481 e. The van der Waals surface area contributed by atoms with Crippen molar-refractivity contribution in [2.45, 2.75) is 33.2 Å². The number of benzene rings is 1. The zero-order valence-electron chi connectivity index (χ0n) is 10.2. The molecule has 0 unspecified atom stereocenters. The summed E-state index contributed by atoms with van der Waals surface area (Å²) in [4.78, 5) is 10.5. The quantitative estimate of drug-likeness (QED) is 0.878. The number of aryl methyl sites for hydroxylation is 3. The molecule has 0 amide bonds. The van der Waals surface area contributed by atoms with Crippen LogP contribution in [0.2, 0.25) is 0 Å². The minimum atomic E-state index is -0.727. The highest BCUT2D eigenvalue weighted by atomic mass is 16.4. The molecule has 17 heavy (non-hydrogen) atoms. The monoisotopic (exact) mass is 231 g/mol. The second-order valence-electron chi connectivity index (χ2n) is 4.50. The molecule has 0 bridgehead atoms. The van der Waals surface area contributed by atoms with Gasteiger partial charge in [0.1, 0.15) is 0 Å². The van der Waals surface area contributed by atoms with Gasteiger partial charge in [-0.1, -0.05) is 12.1 Å². The Morgan fingerprint density at radius 3 is 2.76 bits per heavy atom. The molecule has 0 fully saturated rings. The van der Waals surface area contributed by atoms with Gasteiger partial charge in [-0.2, -0.15) is 0 Å². The molecule has 0 aliphatic carbocycles. The van der Waals surface area contributed by atoms with E-state index in [2.05, 4.69) is 42.7 Å². The Morgan fingerprint density at radius 1 is 1.29 bits per heavy atom. The third-order valence-electron chi connectivity index (χ3n) is 3.04. The van der Waals surface area contributed by atoms with Gasteiger partial charge in [0, 0.05) is 24.2 Å². The zero-order valence-corrected chi connectivity index (χ0v) is 10.2. The van der Waals surface area contributed by atoms with Crippen LogP contribution in [0, 0.1) is 13.8 Å². The third kappa shape index (κ3) is 2.49. The SMILES string of the molecule is Cc1ccc2cc(C)n(CCCC(=O)O)c2c1. The van der Waals surface area contributed by atoms with E-state index < -0.39 is 5.97 Å². The molecule has 0 aliphatic rings. The second kappa shape index (κ2) is 4.62. The van der Waals surface area contributed by atoms with E-state index in [1.807, 2.05) is 0 Å². The maximum Gasteiger partial charge on any atom is 0.303 e. The van der Waals surface area contributed by atoms with Crippen LogP contribution < -0.4 is 0 Å². The standard InChI is InChI=1S/C14H17NO2/c1-10-5-6-12-9-11(2)15(13(12)8-10)7-3-4-14(16)17/h5-6,8-9H,3-4,7H2,1-2H3,(H,16,17). The van der Waals surface area contributed by atoms with Crippen molar-refractivity contribution >= 4 is 16.9 Å². The first-order chi connectivity index (χ1) is 8.08. The van der Waals surface area contributed by atoms with Crippen molar-refractivity contribution in [3.05, 3.63) is 35.5 Å². The first kappa shape index (κ1) is 11.7. The van der Waals surface area contributed by atoms with Crippen molar-refractivity contribution < 1.29 is 9.90 Å². The smallest absolute Gasteiger partial charge is 0.303 e. The van der Waals surface area contributed by atoms with Gasteiger partial charge in [0.25, 0.3) is 0 Å². The Morgan fingerprint density at radius 2 is 2.06 bits per heavy atom. The molecule has 1 heterocycles. The molecular weight excluding hydrogens is 214 g/mol. The summed E-state index contributed by atoms with van der Waals surface area (Å²) >= 11 is 0. The predicted octanol–water partition coefficient (Wildman–Crippen LogP) is 3.12. The van der Waals surface area contributed by atoms with Crippen LogP contribution in [0.15, 0.2) is 24.3 Å². The fourth-order valence-corrected chi connectivity index (χ4v) is 2.19. The Hall–Kier alpha value is -1.77. The predicted molar refractivity (Wildman–Crippen MR) is 68.3 cm³/mol. The topological polar surface area (TPSA) is 42.2 Å². The number of hydrogen-bond donors (Lipinski definition) is 1. The number of fused-ring (bicyclic) bond motifs is 1. The molecule has 0 aliphatic heterocycles. The van der Waals surface area contributed by atoms with Crippen LogP contribution in [-0.2, 0) is 11.3 Å². The summed E-state index contributed by atoms with van der Waals surface area (Å²) in [5.74, 6) is -0.727. The largest absolute Gasteiger partial charge is 0.481 e. The van der Waals surface area contributed by atoms with E-state index >= 15 is 0 Å². The molecule has 1 aromatic carbocycles. The highest BCUT2D eigenvalue weighted by Crippen LogP contribution is 2.21. The molecule has 3 heteroatoms. The molecule has 1 aromatic heterocycles. The number of nitrogens with zero attached hydrogens (tertiary/aromatic N) is 1. The zero-order chi connectivity index (χ0) is 12.4. The summed E-state index contributed by atoms with van der Waals surface area (Å²) in [6.07, 6.45) is 0.902. The van der Waals surface area contributed by atoms with Gasteiger partial charge in [-0.3, -0.25) is 4.79 Å². The lowest BCUT2D eigenvalue weighted by Crippen LogP contribution is -2.03. The number of carbonyl (C=O) groups is 1. The number of hydrogen-bond acceptors (Lipinski definition) is 1. The number of rotatable bonds is 4. The van der Waals surface area contributed by atoms with Gasteiger partial charge in [-0.05, 0) is 43.4 Å². The highest BCUT2D eigenvalue weighted by Gasteiger charge is 2.06. The summed E-state index contributed by atoms with van der Waals surface area (Å²) in [5, 5.41) is 9.88. The lowest BCUT2D eigenvalue weighted by atomic mass is 10.2. The number of carboxylic acid groups (broad SMARTS) is 1. The van der Waals surface area contributed by atoms with Crippen molar-refractivity contribution in [1.82, 2.24) is 4.57 Å². The maximum atomic E-state index is 10.5. The van der Waals surface area contributed by atoms with Crippen molar-refractivity contribution in [3.63, 3.8) is 0 Å². The molecule has 0 saturated heterocycles. The molecule has 0 saturated carbocycles. The molecule has 2 rings (SSSR count). The molecular formula is C14H17NO2. The van der Waals surface area contributed by atoms with Crippen molar-refractivity contribution in [3.8, 4) is 0 Å². The van der Waals surface area contributed by atoms with Crippen LogP contribution in [0.5, 0.6) is 0 Å². The Bertz CT molecular complexity index is 555.